The van der Waals surface area contributed by atoms with Crippen molar-refractivity contribution in [2.75, 3.05) is 9.80 Å². The molecule has 0 atom stereocenters. The number of rotatable bonds is 3. The summed E-state index contributed by atoms with van der Waals surface area (Å²) in [6.45, 7) is 32.8. The van der Waals surface area contributed by atoms with E-state index in [0.29, 0.717) is 0 Å². The maximum atomic E-state index is 7.47. The molecule has 0 spiro atoms. The zero-order chi connectivity index (χ0) is 47.3. The summed E-state index contributed by atoms with van der Waals surface area (Å²) in [5.41, 5.74) is 21.3. The van der Waals surface area contributed by atoms with E-state index in [9.17, 15) is 0 Å². The molecule has 0 N–H and O–H groups in total. The summed E-state index contributed by atoms with van der Waals surface area (Å²) >= 11 is 0. The lowest BCUT2D eigenvalue weighted by molar-refractivity contribution is 0.332. The van der Waals surface area contributed by atoms with Gasteiger partial charge in [0.05, 0.1) is 5.69 Å². The molecular formula is C63H67BN2O. The van der Waals surface area contributed by atoms with Crippen molar-refractivity contribution in [1.29, 1.82) is 0 Å². The van der Waals surface area contributed by atoms with Gasteiger partial charge in [0.25, 0.3) is 6.71 Å². The molecule has 67 heavy (non-hydrogen) atoms. The monoisotopic (exact) mass is 879 g/mol. The molecule has 1 aromatic heterocycles. The van der Waals surface area contributed by atoms with Crippen molar-refractivity contribution in [3.8, 4) is 11.1 Å². The molecule has 8 aromatic rings. The van der Waals surface area contributed by atoms with Crippen LogP contribution in [0.1, 0.15) is 136 Å². The van der Waals surface area contributed by atoms with Crippen LogP contribution in [0.25, 0.3) is 32.9 Å². The van der Waals surface area contributed by atoms with E-state index in [1.807, 2.05) is 0 Å². The Hall–Kier alpha value is -6.00. The smallest absolute Gasteiger partial charge is 0.257 e. The van der Waals surface area contributed by atoms with E-state index in [-0.39, 0.29) is 33.8 Å². The quantitative estimate of drug-likeness (QED) is 0.165. The van der Waals surface area contributed by atoms with Crippen LogP contribution in [0.2, 0.25) is 0 Å². The highest BCUT2D eigenvalue weighted by Crippen LogP contribution is 2.52. The topological polar surface area (TPSA) is 19.6 Å². The Morgan fingerprint density at radius 3 is 1.72 bits per heavy atom. The molecule has 0 saturated carbocycles. The minimum Gasteiger partial charge on any atom is -0.440 e. The molecule has 7 aromatic carbocycles. The molecule has 3 nitrogen and oxygen atoms in total. The molecule has 0 saturated heterocycles. The molecule has 2 aliphatic heterocycles. The van der Waals surface area contributed by atoms with Crippen molar-refractivity contribution in [3.05, 3.63) is 161 Å². The normalized spacial score (nSPS) is 16.2. The van der Waals surface area contributed by atoms with Gasteiger partial charge in [0.2, 0.25) is 5.88 Å². The third-order valence-corrected chi connectivity index (χ3v) is 15.8. The number of hydrogen-bond donors (Lipinski definition) is 0. The lowest BCUT2D eigenvalue weighted by Crippen LogP contribution is -2.61. The lowest BCUT2D eigenvalue weighted by Gasteiger charge is -2.44. The fourth-order valence-electron chi connectivity index (χ4n) is 11.7. The Morgan fingerprint density at radius 1 is 0.493 bits per heavy atom. The predicted octanol–water partition coefficient (Wildman–Crippen LogP) is 15.9. The molecule has 0 amide bonds. The highest BCUT2D eigenvalue weighted by Gasteiger charge is 2.48. The molecule has 3 heterocycles. The summed E-state index contributed by atoms with van der Waals surface area (Å²) in [6, 6.07) is 49.4. The van der Waals surface area contributed by atoms with Crippen molar-refractivity contribution in [3.63, 3.8) is 0 Å². The summed E-state index contributed by atoms with van der Waals surface area (Å²) in [4.78, 5) is 5.08. The van der Waals surface area contributed by atoms with Crippen molar-refractivity contribution >= 4 is 79.2 Å². The molecule has 338 valence electrons. The van der Waals surface area contributed by atoms with E-state index in [0.717, 1.165) is 30.0 Å². The van der Waals surface area contributed by atoms with Gasteiger partial charge in [0.15, 0.2) is 0 Å². The van der Waals surface area contributed by atoms with Gasteiger partial charge in [-0.3, -0.25) is 4.90 Å². The first-order valence-corrected chi connectivity index (χ1v) is 24.8. The number of furan rings is 1. The van der Waals surface area contributed by atoms with E-state index in [1.165, 1.54) is 99.8 Å². The number of hydrogen-bond acceptors (Lipinski definition) is 3. The standard InChI is InChI=1S/C63H67BN2O/c1-38-32-53-57-54(33-38)66(51-28-24-41(60(5,6)7)34-46(51)45-21-17-19-39-18-15-16-20-44(39)45)52-29-25-42(61(8,9)10)35-50(52)64(57)56-47-36-48-49(63(13,14)31-30-62(48,11)12)37-55(47)67-58(56)65(53)43-26-22-40(23-27-43)59(2,3)4/h15-29,32-37H,30-31H2,1-14H3. The minimum absolute atomic E-state index is 0.0243. The average Bonchev–Trinajstić information content (AvgIpc) is 3.64. The van der Waals surface area contributed by atoms with E-state index in [2.05, 4.69) is 234 Å². The molecule has 1 aliphatic carbocycles. The highest BCUT2D eigenvalue weighted by molar-refractivity contribution is 7.01. The second kappa shape index (κ2) is 14.5. The zero-order valence-electron chi connectivity index (χ0n) is 42.4. The van der Waals surface area contributed by atoms with Gasteiger partial charge in [0.1, 0.15) is 5.58 Å². The molecule has 0 fully saturated rings. The van der Waals surface area contributed by atoms with Crippen molar-refractivity contribution in [1.82, 2.24) is 0 Å². The average molecular weight is 879 g/mol. The predicted molar refractivity (Wildman–Crippen MR) is 289 cm³/mol. The second-order valence-corrected chi connectivity index (χ2v) is 24.6. The molecule has 0 unspecified atom stereocenters. The first-order chi connectivity index (χ1) is 31.5. The fraction of sp³-hybridized carbons (Fsp3) is 0.333. The van der Waals surface area contributed by atoms with Gasteiger partial charge < -0.3 is 9.32 Å². The van der Waals surface area contributed by atoms with Crippen molar-refractivity contribution in [2.45, 2.75) is 137 Å². The van der Waals surface area contributed by atoms with Gasteiger partial charge in [-0.25, -0.2) is 0 Å². The van der Waals surface area contributed by atoms with Crippen molar-refractivity contribution in [2.24, 2.45) is 0 Å². The maximum Gasteiger partial charge on any atom is 0.257 e. The van der Waals surface area contributed by atoms with Gasteiger partial charge >= 0.3 is 0 Å². The Morgan fingerprint density at radius 2 is 1.06 bits per heavy atom. The number of fused-ring (bicyclic) bond motifs is 8. The molecule has 0 radical (unpaired) electrons. The van der Waals surface area contributed by atoms with Gasteiger partial charge in [-0.05, 0) is 162 Å². The van der Waals surface area contributed by atoms with Gasteiger partial charge in [-0.1, -0.05) is 163 Å². The SMILES string of the molecule is Cc1cc2c3c(c1)N(c1ccc(C(C)(C)C)cc1)c1oc4cc5c(cc4c1B3c1cc(C(C)(C)C)ccc1N2c1ccc(C(C)(C)C)cc1-c1cccc2ccccc12)C(C)(C)CCC5(C)C. The third-order valence-electron chi connectivity index (χ3n) is 15.8. The summed E-state index contributed by atoms with van der Waals surface area (Å²) < 4.78 is 7.47. The summed E-state index contributed by atoms with van der Waals surface area (Å²) in [7, 11) is 0. The van der Waals surface area contributed by atoms with Crippen LogP contribution in [-0.4, -0.2) is 6.71 Å². The van der Waals surface area contributed by atoms with E-state index in [4.69, 9.17) is 4.42 Å². The third kappa shape index (κ3) is 6.82. The number of anilines is 6. The van der Waals surface area contributed by atoms with Crippen LogP contribution in [0, 0.1) is 6.92 Å². The number of benzene rings is 7. The molecular weight excluding hydrogens is 812 g/mol. The summed E-state index contributed by atoms with van der Waals surface area (Å²) in [5.74, 6) is 0.928. The Labute approximate surface area is 400 Å². The Bertz CT molecular complexity index is 3320. The first kappa shape index (κ1) is 43.6. The molecule has 4 heteroatoms. The molecule has 0 bridgehead atoms. The Kier molecular flexibility index (Phi) is 9.43. The van der Waals surface area contributed by atoms with E-state index >= 15 is 0 Å². The Balaban J connectivity index is 1.27. The fourth-order valence-corrected chi connectivity index (χ4v) is 11.7. The summed E-state index contributed by atoms with van der Waals surface area (Å²) in [5, 5.41) is 3.73. The molecule has 3 aliphatic rings. The van der Waals surface area contributed by atoms with Crippen LogP contribution >= 0.6 is 0 Å². The van der Waals surface area contributed by atoms with Crippen LogP contribution in [-0.2, 0) is 27.1 Å². The molecule has 11 rings (SSSR count). The number of aryl methyl sites for hydroxylation is 1. The summed E-state index contributed by atoms with van der Waals surface area (Å²) in [6.07, 6.45) is 2.30. The largest absolute Gasteiger partial charge is 0.440 e. The second-order valence-electron chi connectivity index (χ2n) is 24.6. The first-order valence-electron chi connectivity index (χ1n) is 24.8. The zero-order valence-corrected chi connectivity index (χ0v) is 42.4. The maximum absolute atomic E-state index is 7.47. The van der Waals surface area contributed by atoms with E-state index < -0.39 is 0 Å². The van der Waals surface area contributed by atoms with Crippen molar-refractivity contribution < 1.29 is 4.42 Å². The van der Waals surface area contributed by atoms with E-state index in [1.54, 1.807) is 0 Å². The number of nitrogens with zero attached hydrogens (tertiary/aromatic N) is 2. The van der Waals surface area contributed by atoms with Gasteiger partial charge in [0, 0.05) is 39.2 Å². The van der Waals surface area contributed by atoms with Crippen LogP contribution < -0.4 is 26.2 Å². The van der Waals surface area contributed by atoms with Gasteiger partial charge in [-0.15, -0.1) is 0 Å². The van der Waals surface area contributed by atoms with Crippen LogP contribution in [0.15, 0.2) is 132 Å². The van der Waals surface area contributed by atoms with Crippen LogP contribution in [0.3, 0.4) is 0 Å². The lowest BCUT2D eigenvalue weighted by atomic mass is 9.33. The minimum atomic E-state index is -0.0758. The van der Waals surface area contributed by atoms with Crippen LogP contribution in [0.4, 0.5) is 34.3 Å². The van der Waals surface area contributed by atoms with Gasteiger partial charge in [-0.2, -0.15) is 0 Å². The highest BCUT2D eigenvalue weighted by atomic mass is 16.4. The van der Waals surface area contributed by atoms with Crippen LogP contribution in [0.5, 0.6) is 0 Å².